The predicted octanol–water partition coefficient (Wildman–Crippen LogP) is 2.30. The molecule has 5 nitrogen and oxygen atoms in total. The minimum absolute atomic E-state index is 0.0347. The molecule has 0 unspecified atom stereocenters. The Kier molecular flexibility index (Phi) is 4.14. The first-order valence-corrected chi connectivity index (χ1v) is 8.62. The van der Waals surface area contributed by atoms with Gasteiger partial charge in [-0.05, 0) is 36.8 Å². The minimum Gasteiger partial charge on any atom is -0.307 e. The number of rotatable bonds is 5. The van der Waals surface area contributed by atoms with Gasteiger partial charge < -0.3 is 4.40 Å². The quantitative estimate of drug-likeness (QED) is 0.779. The normalized spacial score (nSPS) is 11.9. The summed E-state index contributed by atoms with van der Waals surface area (Å²) < 4.78 is 42.2. The van der Waals surface area contributed by atoms with Gasteiger partial charge in [0.05, 0.1) is 10.6 Å². The summed E-state index contributed by atoms with van der Waals surface area (Å²) in [6.07, 6.45) is 4.19. The summed E-state index contributed by atoms with van der Waals surface area (Å²) >= 11 is 0. The molecule has 3 aromatic rings. The van der Waals surface area contributed by atoms with Gasteiger partial charge in [-0.15, -0.1) is 0 Å². The highest BCUT2D eigenvalue weighted by atomic mass is 32.2. The number of aromatic nitrogens is 2. The Morgan fingerprint density at radius 3 is 2.87 bits per heavy atom. The van der Waals surface area contributed by atoms with E-state index in [0.29, 0.717) is 12.0 Å². The Morgan fingerprint density at radius 1 is 1.26 bits per heavy atom. The van der Waals surface area contributed by atoms with Crippen molar-refractivity contribution in [1.29, 1.82) is 0 Å². The van der Waals surface area contributed by atoms with Gasteiger partial charge in [-0.1, -0.05) is 12.1 Å². The monoisotopic (exact) mass is 333 g/mol. The molecule has 0 atom stereocenters. The van der Waals surface area contributed by atoms with Crippen molar-refractivity contribution < 1.29 is 12.8 Å². The molecule has 0 bridgehead atoms. The van der Waals surface area contributed by atoms with Gasteiger partial charge in [0, 0.05) is 25.4 Å². The average Bonchev–Trinajstić information content (AvgIpc) is 2.92. The maximum absolute atomic E-state index is 13.3. The van der Waals surface area contributed by atoms with Gasteiger partial charge in [-0.25, -0.2) is 22.5 Å². The van der Waals surface area contributed by atoms with Crippen molar-refractivity contribution in [3.63, 3.8) is 0 Å². The Hall–Kier alpha value is -2.25. The molecule has 1 N–H and O–H groups in total. The van der Waals surface area contributed by atoms with Crippen LogP contribution in [0.15, 0.2) is 53.7 Å². The SMILES string of the molecule is Cc1ccc(F)cc1S(=O)(=O)NCCc1cn2ccccc2n1. The number of pyridine rings is 1. The molecule has 0 aliphatic carbocycles. The number of benzene rings is 1. The number of aryl methyl sites for hydroxylation is 1. The first-order valence-electron chi connectivity index (χ1n) is 7.14. The van der Waals surface area contributed by atoms with Gasteiger partial charge >= 0.3 is 0 Å². The van der Waals surface area contributed by atoms with Crippen molar-refractivity contribution in [3.05, 3.63) is 65.9 Å². The molecule has 3 rings (SSSR count). The van der Waals surface area contributed by atoms with Crippen molar-refractivity contribution >= 4 is 15.7 Å². The minimum atomic E-state index is -3.74. The van der Waals surface area contributed by atoms with Crippen LogP contribution < -0.4 is 4.72 Å². The first-order chi connectivity index (χ1) is 11.0. The third-order valence-electron chi connectivity index (χ3n) is 3.53. The zero-order valence-corrected chi connectivity index (χ0v) is 13.3. The molecular weight excluding hydrogens is 317 g/mol. The molecule has 120 valence electrons. The van der Waals surface area contributed by atoms with E-state index in [1.165, 1.54) is 12.1 Å². The predicted molar refractivity (Wildman–Crippen MR) is 85.2 cm³/mol. The largest absolute Gasteiger partial charge is 0.307 e. The summed E-state index contributed by atoms with van der Waals surface area (Å²) in [7, 11) is -3.74. The smallest absolute Gasteiger partial charge is 0.240 e. The molecule has 2 heterocycles. The highest BCUT2D eigenvalue weighted by Crippen LogP contribution is 2.16. The second-order valence-corrected chi connectivity index (χ2v) is 6.99. The molecule has 7 heteroatoms. The van der Waals surface area contributed by atoms with Crippen molar-refractivity contribution in [2.45, 2.75) is 18.2 Å². The van der Waals surface area contributed by atoms with Crippen LogP contribution in [0.4, 0.5) is 4.39 Å². The van der Waals surface area contributed by atoms with Gasteiger partial charge in [0.2, 0.25) is 10.0 Å². The molecule has 0 amide bonds. The second kappa shape index (κ2) is 6.10. The summed E-state index contributed by atoms with van der Waals surface area (Å²) in [5, 5.41) is 0. The van der Waals surface area contributed by atoms with E-state index < -0.39 is 15.8 Å². The molecule has 0 radical (unpaired) electrons. The van der Waals surface area contributed by atoms with Crippen LogP contribution >= 0.6 is 0 Å². The molecule has 1 aromatic carbocycles. The number of sulfonamides is 1. The lowest BCUT2D eigenvalue weighted by atomic mass is 10.2. The molecular formula is C16H16FN3O2S. The van der Waals surface area contributed by atoms with Gasteiger partial charge in [-0.3, -0.25) is 0 Å². The molecule has 0 aliphatic rings. The van der Waals surface area contributed by atoms with E-state index in [-0.39, 0.29) is 11.4 Å². The number of imidazole rings is 1. The van der Waals surface area contributed by atoms with E-state index in [0.717, 1.165) is 17.4 Å². The molecule has 0 fully saturated rings. The molecule has 0 aliphatic heterocycles. The number of nitrogens with one attached hydrogen (secondary N) is 1. The van der Waals surface area contributed by atoms with E-state index in [4.69, 9.17) is 0 Å². The van der Waals surface area contributed by atoms with E-state index in [2.05, 4.69) is 9.71 Å². The zero-order valence-electron chi connectivity index (χ0n) is 12.5. The number of hydrogen-bond donors (Lipinski definition) is 1. The van der Waals surface area contributed by atoms with Crippen LogP contribution in [0, 0.1) is 12.7 Å². The third kappa shape index (κ3) is 3.40. The Morgan fingerprint density at radius 2 is 2.09 bits per heavy atom. The molecule has 0 spiro atoms. The Bertz CT molecular complexity index is 918. The fraction of sp³-hybridized carbons (Fsp3) is 0.188. The second-order valence-electron chi connectivity index (χ2n) is 5.26. The summed E-state index contributed by atoms with van der Waals surface area (Å²) in [4.78, 5) is 4.37. The Balaban J connectivity index is 1.71. The fourth-order valence-electron chi connectivity index (χ4n) is 2.36. The van der Waals surface area contributed by atoms with Gasteiger partial charge in [0.25, 0.3) is 0 Å². The number of fused-ring (bicyclic) bond motifs is 1. The van der Waals surface area contributed by atoms with Crippen molar-refractivity contribution in [2.75, 3.05) is 6.54 Å². The fourth-order valence-corrected chi connectivity index (χ4v) is 3.65. The van der Waals surface area contributed by atoms with E-state index in [9.17, 15) is 12.8 Å². The number of halogens is 1. The zero-order chi connectivity index (χ0) is 16.4. The maximum Gasteiger partial charge on any atom is 0.240 e. The summed E-state index contributed by atoms with van der Waals surface area (Å²) in [6, 6.07) is 9.39. The van der Waals surface area contributed by atoms with Crippen LogP contribution in [0.3, 0.4) is 0 Å². The maximum atomic E-state index is 13.3. The standard InChI is InChI=1S/C16H16FN3O2S/c1-12-5-6-13(17)10-15(12)23(21,22)18-8-7-14-11-20-9-3-2-4-16(20)19-14/h2-6,9-11,18H,7-8H2,1H3. The highest BCUT2D eigenvalue weighted by molar-refractivity contribution is 7.89. The molecule has 23 heavy (non-hydrogen) atoms. The van der Waals surface area contributed by atoms with Crippen LogP contribution in [-0.4, -0.2) is 24.3 Å². The van der Waals surface area contributed by atoms with Gasteiger partial charge in [-0.2, -0.15) is 0 Å². The van der Waals surface area contributed by atoms with E-state index in [1.807, 2.05) is 35.0 Å². The molecule has 0 saturated heterocycles. The highest BCUT2D eigenvalue weighted by Gasteiger charge is 2.17. The summed E-state index contributed by atoms with van der Waals surface area (Å²) in [5.41, 5.74) is 2.10. The van der Waals surface area contributed by atoms with Crippen LogP contribution in [0.2, 0.25) is 0 Å². The van der Waals surface area contributed by atoms with Crippen LogP contribution in [0.1, 0.15) is 11.3 Å². The summed E-state index contributed by atoms with van der Waals surface area (Å²) in [5.74, 6) is -0.573. The Labute approximate surface area is 133 Å². The third-order valence-corrected chi connectivity index (χ3v) is 5.13. The van der Waals surface area contributed by atoms with Gasteiger partial charge in [0.1, 0.15) is 11.5 Å². The van der Waals surface area contributed by atoms with Crippen molar-refractivity contribution in [2.24, 2.45) is 0 Å². The van der Waals surface area contributed by atoms with Crippen LogP contribution in [0.5, 0.6) is 0 Å². The van der Waals surface area contributed by atoms with Crippen molar-refractivity contribution in [3.8, 4) is 0 Å². The van der Waals surface area contributed by atoms with E-state index >= 15 is 0 Å². The first kappa shape index (κ1) is 15.6. The van der Waals surface area contributed by atoms with Crippen molar-refractivity contribution in [1.82, 2.24) is 14.1 Å². The van der Waals surface area contributed by atoms with Gasteiger partial charge in [0.15, 0.2) is 0 Å². The van der Waals surface area contributed by atoms with Crippen LogP contribution in [0.25, 0.3) is 5.65 Å². The lowest BCUT2D eigenvalue weighted by Gasteiger charge is -2.08. The number of hydrogen-bond acceptors (Lipinski definition) is 3. The number of nitrogens with zero attached hydrogens (tertiary/aromatic N) is 2. The molecule has 0 saturated carbocycles. The summed E-state index contributed by atoms with van der Waals surface area (Å²) in [6.45, 7) is 1.83. The van der Waals surface area contributed by atoms with E-state index in [1.54, 1.807) is 6.92 Å². The lowest BCUT2D eigenvalue weighted by molar-refractivity contribution is 0.576. The topological polar surface area (TPSA) is 63.5 Å². The average molecular weight is 333 g/mol. The molecule has 2 aromatic heterocycles. The lowest BCUT2D eigenvalue weighted by Crippen LogP contribution is -2.26. The van der Waals surface area contributed by atoms with Crippen LogP contribution in [-0.2, 0) is 16.4 Å².